The summed E-state index contributed by atoms with van der Waals surface area (Å²) < 4.78 is 9.04. The van der Waals surface area contributed by atoms with Crippen LogP contribution in [-0.2, 0) is 0 Å². The molecule has 10 aromatic rings. The number of hydrogen-bond acceptors (Lipinski definition) is 3. The van der Waals surface area contributed by atoms with Crippen molar-refractivity contribution >= 4 is 55.9 Å². The van der Waals surface area contributed by atoms with Gasteiger partial charge < -0.3 is 19.1 Å². The van der Waals surface area contributed by atoms with Crippen LogP contribution in [0.15, 0.2) is 224 Å². The number of anilines is 6. The van der Waals surface area contributed by atoms with Crippen molar-refractivity contribution < 1.29 is 4.74 Å². The van der Waals surface area contributed by atoms with Crippen LogP contribution in [0.2, 0.25) is 0 Å². The Morgan fingerprint density at radius 2 is 0.897 bits per heavy atom. The lowest BCUT2D eigenvalue weighted by Gasteiger charge is -2.33. The van der Waals surface area contributed by atoms with Crippen LogP contribution in [0.4, 0.5) is 34.1 Å². The first-order valence-electron chi connectivity index (χ1n) is 19.7. The molecular formula is C54H37N3O. The highest BCUT2D eigenvalue weighted by Crippen LogP contribution is 2.52. The van der Waals surface area contributed by atoms with E-state index in [9.17, 15) is 0 Å². The van der Waals surface area contributed by atoms with E-state index in [0.29, 0.717) is 0 Å². The van der Waals surface area contributed by atoms with Crippen LogP contribution < -0.4 is 14.5 Å². The molecule has 1 aliphatic heterocycles. The summed E-state index contributed by atoms with van der Waals surface area (Å²) in [7, 11) is 0. The van der Waals surface area contributed by atoms with Gasteiger partial charge in [-0.2, -0.15) is 0 Å². The SMILES string of the molecule is c1ccc(-c2cccc(N3c4ccccc4Oc4cc(-c5ccc6c(c5)c5ccccc5n6-c5ccc(N(c6ccccc6)c6ccccc6)cc5)ccc43)c2)cc1. The summed E-state index contributed by atoms with van der Waals surface area (Å²) in [6.07, 6.45) is 0. The third-order valence-corrected chi connectivity index (χ3v) is 11.1. The summed E-state index contributed by atoms with van der Waals surface area (Å²) in [6, 6.07) is 79.6. The average molecular weight is 744 g/mol. The van der Waals surface area contributed by atoms with Crippen molar-refractivity contribution in [3.63, 3.8) is 0 Å². The molecular weight excluding hydrogens is 707 g/mol. The Hall–Kier alpha value is -7.82. The standard InChI is InChI=1S/C54H37N3O/c1-4-15-38(16-5-1)39-17-14-22-46(35-39)57-51-25-12-13-26-53(51)58-54-37-41(28-34-52(54)57)40-27-33-50-48(36-40)47-23-10-11-24-49(47)56(50)45-31-29-44(30-32-45)55(42-18-6-2-7-19-42)43-20-8-3-9-21-43/h1-37H. The number of para-hydroxylation sites is 5. The quantitative estimate of drug-likeness (QED) is 0.162. The van der Waals surface area contributed by atoms with E-state index in [-0.39, 0.29) is 0 Å². The first-order valence-corrected chi connectivity index (χ1v) is 19.7. The summed E-state index contributed by atoms with van der Waals surface area (Å²) in [5, 5.41) is 2.42. The van der Waals surface area contributed by atoms with Crippen molar-refractivity contribution in [3.05, 3.63) is 224 Å². The molecule has 4 nitrogen and oxygen atoms in total. The highest BCUT2D eigenvalue weighted by atomic mass is 16.5. The normalized spacial score (nSPS) is 11.9. The van der Waals surface area contributed by atoms with Crippen LogP contribution >= 0.6 is 0 Å². The maximum atomic E-state index is 6.66. The Morgan fingerprint density at radius 3 is 1.67 bits per heavy atom. The summed E-state index contributed by atoms with van der Waals surface area (Å²) >= 11 is 0. The first-order chi connectivity index (χ1) is 28.8. The molecule has 0 saturated carbocycles. The zero-order chi connectivity index (χ0) is 38.4. The fraction of sp³-hybridized carbons (Fsp3) is 0. The van der Waals surface area contributed by atoms with Gasteiger partial charge in [-0.15, -0.1) is 0 Å². The van der Waals surface area contributed by atoms with Crippen LogP contribution in [0, 0.1) is 0 Å². The van der Waals surface area contributed by atoms with Crippen molar-refractivity contribution in [1.29, 1.82) is 0 Å². The van der Waals surface area contributed by atoms with E-state index < -0.39 is 0 Å². The fourth-order valence-electron chi connectivity index (χ4n) is 8.45. The molecule has 1 aromatic heterocycles. The van der Waals surface area contributed by atoms with Crippen molar-refractivity contribution in [1.82, 2.24) is 4.57 Å². The minimum atomic E-state index is 0.823. The molecule has 0 N–H and O–H groups in total. The number of rotatable bonds is 7. The van der Waals surface area contributed by atoms with E-state index in [4.69, 9.17) is 4.74 Å². The predicted molar refractivity (Wildman–Crippen MR) is 241 cm³/mol. The number of ether oxygens (including phenoxy) is 1. The van der Waals surface area contributed by atoms with E-state index in [1.54, 1.807) is 0 Å². The number of hydrogen-bond donors (Lipinski definition) is 0. The topological polar surface area (TPSA) is 20.6 Å². The monoisotopic (exact) mass is 743 g/mol. The van der Waals surface area contributed by atoms with Crippen molar-refractivity contribution in [2.45, 2.75) is 0 Å². The lowest BCUT2D eigenvalue weighted by atomic mass is 10.0. The van der Waals surface area contributed by atoms with Gasteiger partial charge in [0, 0.05) is 39.2 Å². The molecule has 9 aromatic carbocycles. The van der Waals surface area contributed by atoms with E-state index in [2.05, 4.69) is 227 Å². The first kappa shape index (κ1) is 33.5. The number of fused-ring (bicyclic) bond motifs is 5. The van der Waals surface area contributed by atoms with Gasteiger partial charge in [0.1, 0.15) is 0 Å². The summed E-state index contributed by atoms with van der Waals surface area (Å²) in [5.74, 6) is 1.65. The van der Waals surface area contributed by atoms with Crippen LogP contribution in [0.3, 0.4) is 0 Å². The smallest absolute Gasteiger partial charge is 0.152 e. The molecule has 58 heavy (non-hydrogen) atoms. The van der Waals surface area contributed by atoms with Crippen LogP contribution in [0.25, 0.3) is 49.7 Å². The molecule has 0 bridgehead atoms. The van der Waals surface area contributed by atoms with Gasteiger partial charge >= 0.3 is 0 Å². The second-order valence-electron chi connectivity index (χ2n) is 14.6. The van der Waals surface area contributed by atoms with Crippen LogP contribution in [0.5, 0.6) is 11.5 Å². The Bertz CT molecular complexity index is 3040. The molecule has 2 heterocycles. The molecule has 274 valence electrons. The average Bonchev–Trinajstić information content (AvgIpc) is 3.63. The van der Waals surface area contributed by atoms with E-state index in [0.717, 1.165) is 68.0 Å². The molecule has 0 unspecified atom stereocenters. The largest absolute Gasteiger partial charge is 0.453 e. The molecule has 0 amide bonds. The third kappa shape index (κ3) is 5.78. The highest BCUT2D eigenvalue weighted by molar-refractivity contribution is 6.10. The van der Waals surface area contributed by atoms with E-state index in [1.165, 1.54) is 27.4 Å². The van der Waals surface area contributed by atoms with Gasteiger partial charge in [0.25, 0.3) is 0 Å². The second-order valence-corrected chi connectivity index (χ2v) is 14.6. The van der Waals surface area contributed by atoms with Gasteiger partial charge in [0.05, 0.1) is 22.4 Å². The number of nitrogens with zero attached hydrogens (tertiary/aromatic N) is 3. The molecule has 11 rings (SSSR count). The van der Waals surface area contributed by atoms with Gasteiger partial charge in [-0.1, -0.05) is 121 Å². The Labute approximate surface area is 337 Å². The van der Waals surface area contributed by atoms with Gasteiger partial charge in [-0.3, -0.25) is 0 Å². The van der Waals surface area contributed by atoms with Crippen LogP contribution in [0.1, 0.15) is 0 Å². The zero-order valence-electron chi connectivity index (χ0n) is 31.6. The lowest BCUT2D eigenvalue weighted by molar-refractivity contribution is 0.477. The maximum Gasteiger partial charge on any atom is 0.152 e. The van der Waals surface area contributed by atoms with Gasteiger partial charge in [0.2, 0.25) is 0 Å². The van der Waals surface area contributed by atoms with E-state index in [1.807, 2.05) is 12.1 Å². The minimum Gasteiger partial charge on any atom is -0.453 e. The molecule has 0 aliphatic carbocycles. The maximum absolute atomic E-state index is 6.66. The Morgan fingerprint density at radius 1 is 0.328 bits per heavy atom. The van der Waals surface area contributed by atoms with Crippen molar-refractivity contribution in [2.24, 2.45) is 0 Å². The van der Waals surface area contributed by atoms with Crippen molar-refractivity contribution in [2.75, 3.05) is 9.80 Å². The fourth-order valence-corrected chi connectivity index (χ4v) is 8.45. The molecule has 0 radical (unpaired) electrons. The number of benzene rings is 9. The molecule has 0 saturated heterocycles. The second kappa shape index (κ2) is 14.0. The summed E-state index contributed by atoms with van der Waals surface area (Å²) in [5.41, 5.74) is 14.5. The lowest BCUT2D eigenvalue weighted by Crippen LogP contribution is -2.15. The predicted octanol–water partition coefficient (Wildman–Crippen LogP) is 15.2. The van der Waals surface area contributed by atoms with E-state index >= 15 is 0 Å². The minimum absolute atomic E-state index is 0.823. The molecule has 0 spiro atoms. The van der Waals surface area contributed by atoms with Gasteiger partial charge in [0.15, 0.2) is 11.5 Å². The van der Waals surface area contributed by atoms with Crippen molar-refractivity contribution in [3.8, 4) is 39.4 Å². The van der Waals surface area contributed by atoms with Gasteiger partial charge in [-0.05, 0) is 125 Å². The third-order valence-electron chi connectivity index (χ3n) is 11.1. The summed E-state index contributed by atoms with van der Waals surface area (Å²) in [6.45, 7) is 0. The highest BCUT2D eigenvalue weighted by Gasteiger charge is 2.26. The molecule has 0 atom stereocenters. The Kier molecular flexibility index (Phi) is 8.11. The Balaban J connectivity index is 0.979. The van der Waals surface area contributed by atoms with Crippen LogP contribution in [-0.4, -0.2) is 4.57 Å². The molecule has 4 heteroatoms. The molecule has 0 fully saturated rings. The number of aromatic nitrogens is 1. The summed E-state index contributed by atoms with van der Waals surface area (Å²) in [4.78, 5) is 4.61. The zero-order valence-corrected chi connectivity index (χ0v) is 31.6. The van der Waals surface area contributed by atoms with Gasteiger partial charge in [-0.25, -0.2) is 0 Å². The molecule has 1 aliphatic rings.